The van der Waals surface area contributed by atoms with E-state index in [2.05, 4.69) is 16.0 Å². The molecule has 0 saturated heterocycles. The summed E-state index contributed by atoms with van der Waals surface area (Å²) in [6, 6.07) is 18.8. The summed E-state index contributed by atoms with van der Waals surface area (Å²) in [6.45, 7) is 6.80. The maximum Gasteiger partial charge on any atom is 0.412 e. The van der Waals surface area contributed by atoms with Crippen molar-refractivity contribution in [3.8, 4) is 11.5 Å². The first kappa shape index (κ1) is 32.7. The lowest BCUT2D eigenvalue weighted by atomic mass is 10.1. The van der Waals surface area contributed by atoms with Gasteiger partial charge in [0.1, 0.15) is 5.60 Å². The molecule has 0 bridgehead atoms. The summed E-state index contributed by atoms with van der Waals surface area (Å²) in [6.07, 6.45) is -0.618. The summed E-state index contributed by atoms with van der Waals surface area (Å²) in [5.41, 5.74) is 2.04. The van der Waals surface area contributed by atoms with Crippen LogP contribution in [0.25, 0.3) is 0 Å². The number of urea groups is 1. The molecular formula is C32H41N5O6. The van der Waals surface area contributed by atoms with Crippen molar-refractivity contribution in [1.82, 2.24) is 9.80 Å². The second-order valence-electron chi connectivity index (χ2n) is 11.0. The molecule has 0 heterocycles. The molecule has 0 spiro atoms. The van der Waals surface area contributed by atoms with Gasteiger partial charge in [-0.3, -0.25) is 10.1 Å². The summed E-state index contributed by atoms with van der Waals surface area (Å²) < 4.78 is 16.0. The standard InChI is InChI=1S/C32H41N5O6/c1-32(2,3)43-31(40)35-26-11-9-8-10-25(26)34-29(38)23-14-12-22(13-15-23)21-37(19-18-36(4)5)30(39)33-24-16-17-27(41-6)28(20-24)42-7/h8-17,20H,18-19,21H2,1-7H3,(H,33,39)(H,34,38)(H,35,40). The Balaban J connectivity index is 1.69. The zero-order valence-electron chi connectivity index (χ0n) is 25.8. The van der Waals surface area contributed by atoms with E-state index >= 15 is 0 Å². The van der Waals surface area contributed by atoms with Crippen LogP contribution in [0.5, 0.6) is 11.5 Å². The van der Waals surface area contributed by atoms with Crippen LogP contribution < -0.4 is 25.4 Å². The molecule has 0 aliphatic carbocycles. The highest BCUT2D eigenvalue weighted by Crippen LogP contribution is 2.30. The molecule has 0 aliphatic rings. The maximum atomic E-state index is 13.3. The van der Waals surface area contributed by atoms with E-state index in [1.807, 2.05) is 31.1 Å². The van der Waals surface area contributed by atoms with Gasteiger partial charge in [-0.2, -0.15) is 0 Å². The molecule has 0 aliphatic heterocycles. The topological polar surface area (TPSA) is 121 Å². The SMILES string of the molecule is COc1ccc(NC(=O)N(CCN(C)C)Cc2ccc(C(=O)Nc3ccccc3NC(=O)OC(C)(C)C)cc2)cc1OC. The van der Waals surface area contributed by atoms with Crippen LogP contribution in [0.2, 0.25) is 0 Å². The average Bonchev–Trinajstić information content (AvgIpc) is 2.95. The number of nitrogens with one attached hydrogen (secondary N) is 3. The van der Waals surface area contributed by atoms with Gasteiger partial charge in [0.2, 0.25) is 0 Å². The second kappa shape index (κ2) is 14.9. The fraction of sp³-hybridized carbons (Fsp3) is 0.344. The summed E-state index contributed by atoms with van der Waals surface area (Å²) in [5, 5.41) is 8.45. The molecule has 11 nitrogen and oxygen atoms in total. The van der Waals surface area contributed by atoms with Gasteiger partial charge in [0.25, 0.3) is 5.91 Å². The molecule has 43 heavy (non-hydrogen) atoms. The Morgan fingerprint density at radius 3 is 1.98 bits per heavy atom. The number of methoxy groups -OCH3 is 2. The Bertz CT molecular complexity index is 1400. The van der Waals surface area contributed by atoms with Crippen molar-refractivity contribution in [2.75, 3.05) is 57.4 Å². The number of nitrogens with zero attached hydrogens (tertiary/aromatic N) is 2. The van der Waals surface area contributed by atoms with Crippen LogP contribution in [0, 0.1) is 0 Å². The van der Waals surface area contributed by atoms with Gasteiger partial charge in [-0.15, -0.1) is 0 Å². The molecule has 0 atom stereocenters. The minimum Gasteiger partial charge on any atom is -0.493 e. The predicted octanol–water partition coefficient (Wildman–Crippen LogP) is 5.90. The molecule has 3 rings (SSSR count). The predicted molar refractivity (Wildman–Crippen MR) is 168 cm³/mol. The number of ether oxygens (including phenoxy) is 3. The number of benzene rings is 3. The van der Waals surface area contributed by atoms with E-state index in [0.29, 0.717) is 53.8 Å². The molecule has 0 aromatic heterocycles. The van der Waals surface area contributed by atoms with Crippen molar-refractivity contribution in [2.24, 2.45) is 0 Å². The number of rotatable bonds is 11. The van der Waals surface area contributed by atoms with Gasteiger partial charge in [0.05, 0.1) is 25.6 Å². The molecule has 3 aromatic rings. The molecule has 230 valence electrons. The minimum absolute atomic E-state index is 0.273. The smallest absolute Gasteiger partial charge is 0.412 e. The van der Waals surface area contributed by atoms with Crippen molar-refractivity contribution in [3.05, 3.63) is 77.9 Å². The van der Waals surface area contributed by atoms with E-state index in [1.165, 1.54) is 7.11 Å². The Kier molecular flexibility index (Phi) is 11.4. The van der Waals surface area contributed by atoms with Gasteiger partial charge in [-0.05, 0) is 76.8 Å². The lowest BCUT2D eigenvalue weighted by Crippen LogP contribution is -2.39. The molecule has 3 aromatic carbocycles. The fourth-order valence-corrected chi connectivity index (χ4v) is 3.98. The number of carbonyl (C=O) groups is 3. The van der Waals surface area contributed by atoms with E-state index in [0.717, 1.165) is 5.56 Å². The fourth-order valence-electron chi connectivity index (χ4n) is 3.98. The quantitative estimate of drug-likeness (QED) is 0.254. The van der Waals surface area contributed by atoms with Crippen LogP contribution in [0.4, 0.5) is 26.7 Å². The normalized spacial score (nSPS) is 11.0. The molecule has 11 heteroatoms. The lowest BCUT2D eigenvalue weighted by molar-refractivity contribution is 0.0635. The first-order valence-electron chi connectivity index (χ1n) is 13.8. The highest BCUT2D eigenvalue weighted by Gasteiger charge is 2.19. The number of carbonyl (C=O) groups excluding carboxylic acids is 3. The number of para-hydroxylation sites is 2. The zero-order valence-corrected chi connectivity index (χ0v) is 25.8. The first-order valence-corrected chi connectivity index (χ1v) is 13.8. The van der Waals surface area contributed by atoms with Gasteiger partial charge < -0.3 is 34.6 Å². The van der Waals surface area contributed by atoms with Crippen molar-refractivity contribution in [3.63, 3.8) is 0 Å². The number of hydrogen-bond acceptors (Lipinski definition) is 7. The second-order valence-corrected chi connectivity index (χ2v) is 11.0. The molecule has 0 radical (unpaired) electrons. The number of anilines is 3. The lowest BCUT2D eigenvalue weighted by Gasteiger charge is -2.25. The number of likely N-dealkylation sites (N-methyl/N-ethyl adjacent to an activating group) is 1. The van der Waals surface area contributed by atoms with Gasteiger partial charge >= 0.3 is 12.1 Å². The highest BCUT2D eigenvalue weighted by molar-refractivity contribution is 6.06. The summed E-state index contributed by atoms with van der Waals surface area (Å²) in [4.78, 5) is 42.3. The van der Waals surface area contributed by atoms with E-state index in [1.54, 1.807) is 87.4 Å². The van der Waals surface area contributed by atoms with Gasteiger partial charge in [0, 0.05) is 37.0 Å². The minimum atomic E-state index is -0.657. The van der Waals surface area contributed by atoms with Crippen LogP contribution in [0.3, 0.4) is 0 Å². The van der Waals surface area contributed by atoms with Crippen LogP contribution in [-0.4, -0.2) is 74.8 Å². The average molecular weight is 592 g/mol. The van der Waals surface area contributed by atoms with E-state index in [9.17, 15) is 14.4 Å². The molecule has 4 amide bonds. The highest BCUT2D eigenvalue weighted by atomic mass is 16.6. The number of hydrogen-bond donors (Lipinski definition) is 3. The van der Waals surface area contributed by atoms with Crippen LogP contribution in [-0.2, 0) is 11.3 Å². The van der Waals surface area contributed by atoms with Crippen molar-refractivity contribution in [1.29, 1.82) is 0 Å². The first-order chi connectivity index (χ1) is 20.4. The molecular weight excluding hydrogens is 550 g/mol. The number of amides is 4. The Hall–Kier alpha value is -4.77. The summed E-state index contributed by atoms with van der Waals surface area (Å²) in [5.74, 6) is 0.731. The Labute approximate surface area is 253 Å². The molecule has 3 N–H and O–H groups in total. The summed E-state index contributed by atoms with van der Waals surface area (Å²) >= 11 is 0. The van der Waals surface area contributed by atoms with Crippen LogP contribution >= 0.6 is 0 Å². The van der Waals surface area contributed by atoms with Gasteiger partial charge in [0.15, 0.2) is 11.5 Å². The Morgan fingerprint density at radius 1 is 0.767 bits per heavy atom. The Morgan fingerprint density at radius 2 is 1.40 bits per heavy atom. The maximum absolute atomic E-state index is 13.3. The third-order valence-corrected chi connectivity index (χ3v) is 6.14. The van der Waals surface area contributed by atoms with Crippen LogP contribution in [0.15, 0.2) is 66.7 Å². The third kappa shape index (κ3) is 10.2. The molecule has 0 saturated carbocycles. The van der Waals surface area contributed by atoms with Crippen molar-refractivity contribution >= 4 is 35.1 Å². The largest absolute Gasteiger partial charge is 0.493 e. The van der Waals surface area contributed by atoms with E-state index in [4.69, 9.17) is 14.2 Å². The monoisotopic (exact) mass is 591 g/mol. The van der Waals surface area contributed by atoms with Crippen LogP contribution in [0.1, 0.15) is 36.7 Å². The van der Waals surface area contributed by atoms with Gasteiger partial charge in [-0.1, -0.05) is 24.3 Å². The van der Waals surface area contributed by atoms with E-state index < -0.39 is 11.7 Å². The summed E-state index contributed by atoms with van der Waals surface area (Å²) in [7, 11) is 6.98. The molecule has 0 unspecified atom stereocenters. The van der Waals surface area contributed by atoms with Gasteiger partial charge in [-0.25, -0.2) is 9.59 Å². The van der Waals surface area contributed by atoms with Crippen molar-refractivity contribution < 1.29 is 28.6 Å². The van der Waals surface area contributed by atoms with Crippen molar-refractivity contribution in [2.45, 2.75) is 32.9 Å². The zero-order chi connectivity index (χ0) is 31.6. The van der Waals surface area contributed by atoms with E-state index in [-0.39, 0.29) is 11.9 Å². The molecule has 0 fully saturated rings. The third-order valence-electron chi connectivity index (χ3n) is 6.14.